The SMILES string of the molecule is CC(Oc1ccccc1)C(=O)Nc1c(C(=O)N2CCCCCC2)oc2ccccc12. The molecule has 0 bridgehead atoms. The van der Waals surface area contributed by atoms with E-state index in [4.69, 9.17) is 9.15 Å². The molecule has 0 aliphatic carbocycles. The van der Waals surface area contributed by atoms with E-state index in [2.05, 4.69) is 5.32 Å². The summed E-state index contributed by atoms with van der Waals surface area (Å²) in [5.41, 5.74) is 0.982. The normalized spacial score (nSPS) is 15.4. The molecule has 1 fully saturated rings. The van der Waals surface area contributed by atoms with Gasteiger partial charge in [-0.05, 0) is 44.0 Å². The van der Waals surface area contributed by atoms with Gasteiger partial charge in [0.1, 0.15) is 17.0 Å². The van der Waals surface area contributed by atoms with Crippen LogP contribution >= 0.6 is 0 Å². The maximum Gasteiger partial charge on any atom is 0.291 e. The number of benzene rings is 2. The van der Waals surface area contributed by atoms with E-state index in [1.807, 2.05) is 41.3 Å². The first-order valence-electron chi connectivity index (χ1n) is 10.5. The number of hydrogen-bond acceptors (Lipinski definition) is 4. The zero-order valence-electron chi connectivity index (χ0n) is 17.1. The van der Waals surface area contributed by atoms with Gasteiger partial charge in [-0.15, -0.1) is 0 Å². The predicted octanol–water partition coefficient (Wildman–Crippen LogP) is 4.86. The van der Waals surface area contributed by atoms with Crippen molar-refractivity contribution in [3.63, 3.8) is 0 Å². The summed E-state index contributed by atoms with van der Waals surface area (Å²) < 4.78 is 11.6. The van der Waals surface area contributed by atoms with Crippen molar-refractivity contribution >= 4 is 28.5 Å². The molecular weight excluding hydrogens is 380 g/mol. The molecule has 2 aromatic carbocycles. The smallest absolute Gasteiger partial charge is 0.291 e. The van der Waals surface area contributed by atoms with Crippen molar-refractivity contribution < 1.29 is 18.7 Å². The van der Waals surface area contributed by atoms with Crippen LogP contribution in [-0.4, -0.2) is 35.9 Å². The summed E-state index contributed by atoms with van der Waals surface area (Å²) in [6, 6.07) is 16.5. The second-order valence-electron chi connectivity index (χ2n) is 7.57. The molecule has 1 aromatic heterocycles. The fourth-order valence-corrected chi connectivity index (χ4v) is 3.72. The average molecular weight is 406 g/mol. The summed E-state index contributed by atoms with van der Waals surface area (Å²) in [4.78, 5) is 27.9. The number of amides is 2. The maximum atomic E-state index is 13.2. The van der Waals surface area contributed by atoms with Gasteiger partial charge < -0.3 is 19.4 Å². The molecule has 2 amide bonds. The number of hydrogen-bond donors (Lipinski definition) is 1. The molecule has 6 nitrogen and oxygen atoms in total. The van der Waals surface area contributed by atoms with E-state index in [-0.39, 0.29) is 17.6 Å². The van der Waals surface area contributed by atoms with E-state index in [9.17, 15) is 9.59 Å². The number of nitrogens with one attached hydrogen (secondary N) is 1. The predicted molar refractivity (Wildman–Crippen MR) is 116 cm³/mol. The molecule has 3 aromatic rings. The molecule has 2 heterocycles. The van der Waals surface area contributed by atoms with E-state index < -0.39 is 6.10 Å². The first-order chi connectivity index (χ1) is 14.6. The van der Waals surface area contributed by atoms with Crippen molar-refractivity contribution in [1.82, 2.24) is 4.90 Å². The van der Waals surface area contributed by atoms with Gasteiger partial charge in [0.15, 0.2) is 6.10 Å². The van der Waals surface area contributed by atoms with Crippen molar-refractivity contribution in [3.05, 3.63) is 60.4 Å². The van der Waals surface area contributed by atoms with Crippen molar-refractivity contribution in [2.45, 2.75) is 38.7 Å². The summed E-state index contributed by atoms with van der Waals surface area (Å²) >= 11 is 0. The highest BCUT2D eigenvalue weighted by Gasteiger charge is 2.28. The molecule has 6 heteroatoms. The van der Waals surface area contributed by atoms with Gasteiger partial charge in [0, 0.05) is 18.5 Å². The van der Waals surface area contributed by atoms with Crippen molar-refractivity contribution in [2.75, 3.05) is 18.4 Å². The van der Waals surface area contributed by atoms with Gasteiger partial charge in [-0.3, -0.25) is 9.59 Å². The van der Waals surface area contributed by atoms with Crippen LogP contribution in [0, 0.1) is 0 Å². The largest absolute Gasteiger partial charge is 0.481 e. The van der Waals surface area contributed by atoms with Crippen LogP contribution < -0.4 is 10.1 Å². The fourth-order valence-electron chi connectivity index (χ4n) is 3.72. The number of furan rings is 1. The van der Waals surface area contributed by atoms with Crippen LogP contribution in [0.1, 0.15) is 43.2 Å². The first-order valence-corrected chi connectivity index (χ1v) is 10.5. The summed E-state index contributed by atoms with van der Waals surface area (Å²) in [6.07, 6.45) is 3.48. The molecule has 1 atom stereocenters. The van der Waals surface area contributed by atoms with Gasteiger partial charge in [0.25, 0.3) is 11.8 Å². The molecule has 0 saturated carbocycles. The monoisotopic (exact) mass is 406 g/mol. The minimum absolute atomic E-state index is 0.179. The molecule has 156 valence electrons. The minimum atomic E-state index is -0.734. The zero-order valence-corrected chi connectivity index (χ0v) is 17.1. The number of para-hydroxylation sites is 2. The Balaban J connectivity index is 1.59. The van der Waals surface area contributed by atoms with Gasteiger partial charge in [-0.1, -0.05) is 43.2 Å². The van der Waals surface area contributed by atoms with Crippen molar-refractivity contribution in [2.24, 2.45) is 0 Å². The van der Waals surface area contributed by atoms with Gasteiger partial charge in [0.05, 0.1) is 0 Å². The standard InChI is InChI=1S/C24H26N2O4/c1-17(29-18-11-5-4-6-12-18)23(27)25-21-19-13-7-8-14-20(19)30-22(21)24(28)26-15-9-2-3-10-16-26/h4-8,11-14,17H,2-3,9-10,15-16H2,1H3,(H,25,27). The highest BCUT2D eigenvalue weighted by atomic mass is 16.5. The van der Waals surface area contributed by atoms with Gasteiger partial charge >= 0.3 is 0 Å². The highest BCUT2D eigenvalue weighted by molar-refractivity contribution is 6.11. The van der Waals surface area contributed by atoms with Crippen LogP contribution in [0.15, 0.2) is 59.0 Å². The Morgan fingerprint density at radius 1 is 0.967 bits per heavy atom. The van der Waals surface area contributed by atoms with E-state index >= 15 is 0 Å². The number of carbonyl (C=O) groups is 2. The first kappa shape index (κ1) is 20.0. The third kappa shape index (κ3) is 4.32. The molecule has 30 heavy (non-hydrogen) atoms. The molecule has 0 radical (unpaired) electrons. The van der Waals surface area contributed by atoms with Crippen LogP contribution in [0.25, 0.3) is 11.0 Å². The number of fused-ring (bicyclic) bond motifs is 1. The Hall–Kier alpha value is -3.28. The van der Waals surface area contributed by atoms with Gasteiger partial charge in [-0.2, -0.15) is 0 Å². The Morgan fingerprint density at radius 2 is 1.63 bits per heavy atom. The lowest BCUT2D eigenvalue weighted by atomic mass is 10.2. The molecule has 1 N–H and O–H groups in total. The summed E-state index contributed by atoms with van der Waals surface area (Å²) in [6.45, 7) is 3.09. The van der Waals surface area contributed by atoms with E-state index in [0.29, 0.717) is 35.5 Å². The quantitative estimate of drug-likeness (QED) is 0.657. The lowest BCUT2D eigenvalue weighted by Crippen LogP contribution is -2.34. The Kier molecular flexibility index (Phi) is 6.02. The van der Waals surface area contributed by atoms with Gasteiger partial charge in [0.2, 0.25) is 5.76 Å². The van der Waals surface area contributed by atoms with Crippen LogP contribution in [0.3, 0.4) is 0 Å². The van der Waals surface area contributed by atoms with Crippen molar-refractivity contribution in [1.29, 1.82) is 0 Å². The van der Waals surface area contributed by atoms with E-state index in [1.54, 1.807) is 25.1 Å². The molecule has 1 unspecified atom stereocenters. The number of rotatable bonds is 5. The Labute approximate surface area is 175 Å². The molecule has 4 rings (SSSR count). The molecule has 1 aliphatic heterocycles. The average Bonchev–Trinajstić information content (AvgIpc) is 2.93. The van der Waals surface area contributed by atoms with Crippen LogP contribution in [0.5, 0.6) is 5.75 Å². The third-order valence-electron chi connectivity index (χ3n) is 5.36. The molecule has 1 saturated heterocycles. The Morgan fingerprint density at radius 3 is 2.37 bits per heavy atom. The summed E-state index contributed by atoms with van der Waals surface area (Å²) in [7, 11) is 0. The number of likely N-dealkylation sites (tertiary alicyclic amines) is 1. The summed E-state index contributed by atoms with van der Waals surface area (Å²) in [5.74, 6) is 0.270. The van der Waals surface area contributed by atoms with Gasteiger partial charge in [-0.25, -0.2) is 0 Å². The zero-order chi connectivity index (χ0) is 20.9. The number of nitrogens with zero attached hydrogens (tertiary/aromatic N) is 1. The van der Waals surface area contributed by atoms with Crippen LogP contribution in [-0.2, 0) is 4.79 Å². The number of ether oxygens (including phenoxy) is 1. The minimum Gasteiger partial charge on any atom is -0.481 e. The lowest BCUT2D eigenvalue weighted by molar-refractivity contribution is -0.122. The molecular formula is C24H26N2O4. The van der Waals surface area contributed by atoms with E-state index in [0.717, 1.165) is 25.7 Å². The Bertz CT molecular complexity index is 1020. The third-order valence-corrected chi connectivity index (χ3v) is 5.36. The topological polar surface area (TPSA) is 71.8 Å². The van der Waals surface area contributed by atoms with Crippen LogP contribution in [0.4, 0.5) is 5.69 Å². The fraction of sp³-hybridized carbons (Fsp3) is 0.333. The van der Waals surface area contributed by atoms with Crippen LogP contribution in [0.2, 0.25) is 0 Å². The lowest BCUT2D eigenvalue weighted by Gasteiger charge is -2.20. The molecule has 1 aliphatic rings. The van der Waals surface area contributed by atoms with Crippen molar-refractivity contribution in [3.8, 4) is 5.75 Å². The second-order valence-corrected chi connectivity index (χ2v) is 7.57. The second kappa shape index (κ2) is 9.03. The summed E-state index contributed by atoms with van der Waals surface area (Å²) in [5, 5.41) is 3.59. The maximum absolute atomic E-state index is 13.2. The number of carbonyl (C=O) groups excluding carboxylic acids is 2. The molecule has 0 spiro atoms. The number of anilines is 1. The highest BCUT2D eigenvalue weighted by Crippen LogP contribution is 2.32. The van der Waals surface area contributed by atoms with E-state index in [1.165, 1.54) is 0 Å².